The molecule has 0 bridgehead atoms. The minimum atomic E-state index is -1.06. The summed E-state index contributed by atoms with van der Waals surface area (Å²) in [4.78, 5) is 37.0. The van der Waals surface area contributed by atoms with Crippen LogP contribution in [0.5, 0.6) is 0 Å². The van der Waals surface area contributed by atoms with Crippen LogP contribution in [0.2, 0.25) is 0 Å². The van der Waals surface area contributed by atoms with E-state index in [0.29, 0.717) is 5.69 Å². The van der Waals surface area contributed by atoms with E-state index in [4.69, 9.17) is 5.11 Å². The second-order valence-corrected chi connectivity index (χ2v) is 6.09. The lowest BCUT2D eigenvalue weighted by molar-refractivity contribution is -0.121. The highest BCUT2D eigenvalue weighted by Gasteiger charge is 2.39. The summed E-state index contributed by atoms with van der Waals surface area (Å²) in [6, 6.07) is 10.9. The molecule has 0 radical (unpaired) electrons. The first kappa shape index (κ1) is 16.7. The largest absolute Gasteiger partial charge is 0.478 e. The molecule has 0 unspecified atom stereocenters. The van der Waals surface area contributed by atoms with E-state index in [1.165, 1.54) is 24.3 Å². The number of carbonyl (C=O) groups is 3. The number of aromatic carboxylic acids is 1. The SMILES string of the molecule is Cc1cccc(C)c1N[C@@H]1CC(=O)N(c2ccc(C(=O)O)cc2)C1=O. The molecule has 1 heterocycles. The van der Waals surface area contributed by atoms with E-state index < -0.39 is 12.0 Å². The number of amides is 2. The molecule has 2 aromatic carbocycles. The van der Waals surface area contributed by atoms with Gasteiger partial charge in [0, 0.05) is 5.69 Å². The van der Waals surface area contributed by atoms with Gasteiger partial charge in [-0.3, -0.25) is 9.59 Å². The Morgan fingerprint density at radius 1 is 1.08 bits per heavy atom. The standard InChI is InChI=1S/C19H18N2O4/c1-11-4-3-5-12(2)17(11)20-15-10-16(22)21(18(15)23)14-8-6-13(7-9-14)19(24)25/h3-9,15,20H,10H2,1-2H3,(H,24,25)/t15-/m1/s1. The number of nitrogens with one attached hydrogen (secondary N) is 1. The fraction of sp³-hybridized carbons (Fsp3) is 0.211. The minimum absolute atomic E-state index is 0.0628. The molecule has 6 nitrogen and oxygen atoms in total. The molecule has 0 saturated carbocycles. The zero-order valence-electron chi connectivity index (χ0n) is 13.9. The number of carboxylic acids is 1. The van der Waals surface area contributed by atoms with E-state index in [1.54, 1.807) is 0 Å². The van der Waals surface area contributed by atoms with Gasteiger partial charge in [0.05, 0.1) is 17.7 Å². The molecule has 1 aliphatic heterocycles. The van der Waals surface area contributed by atoms with Gasteiger partial charge in [0.1, 0.15) is 6.04 Å². The van der Waals surface area contributed by atoms with Crippen LogP contribution in [0, 0.1) is 13.8 Å². The number of rotatable bonds is 4. The summed E-state index contributed by atoms with van der Waals surface area (Å²) in [6.45, 7) is 3.89. The lowest BCUT2D eigenvalue weighted by atomic mass is 10.1. The normalized spacial score (nSPS) is 17.0. The Morgan fingerprint density at radius 2 is 1.68 bits per heavy atom. The van der Waals surface area contributed by atoms with Crippen molar-refractivity contribution in [2.75, 3.05) is 10.2 Å². The number of imide groups is 1. The van der Waals surface area contributed by atoms with Crippen molar-refractivity contribution < 1.29 is 19.5 Å². The molecule has 2 aromatic rings. The second kappa shape index (κ2) is 6.39. The van der Waals surface area contributed by atoms with Gasteiger partial charge in [-0.05, 0) is 49.2 Å². The molecular weight excluding hydrogens is 320 g/mol. The third kappa shape index (κ3) is 3.10. The number of benzene rings is 2. The van der Waals surface area contributed by atoms with Crippen LogP contribution in [0.1, 0.15) is 27.9 Å². The molecule has 3 rings (SSSR count). The van der Waals surface area contributed by atoms with Gasteiger partial charge in [-0.25, -0.2) is 9.69 Å². The maximum atomic E-state index is 12.7. The first-order chi connectivity index (χ1) is 11.9. The van der Waals surface area contributed by atoms with Crippen molar-refractivity contribution >= 4 is 29.2 Å². The van der Waals surface area contributed by atoms with Crippen molar-refractivity contribution in [2.24, 2.45) is 0 Å². The van der Waals surface area contributed by atoms with Gasteiger partial charge in [-0.2, -0.15) is 0 Å². The molecular formula is C19H18N2O4. The summed E-state index contributed by atoms with van der Waals surface area (Å²) in [6.07, 6.45) is 0.0628. The summed E-state index contributed by atoms with van der Waals surface area (Å²) >= 11 is 0. The van der Waals surface area contributed by atoms with Crippen LogP contribution in [0.4, 0.5) is 11.4 Å². The molecule has 1 fully saturated rings. The summed E-state index contributed by atoms with van der Waals surface area (Å²) in [5.41, 5.74) is 3.35. The second-order valence-electron chi connectivity index (χ2n) is 6.09. The third-order valence-electron chi connectivity index (χ3n) is 4.32. The molecule has 1 atom stereocenters. The number of anilines is 2. The van der Waals surface area contributed by atoms with Crippen molar-refractivity contribution in [3.63, 3.8) is 0 Å². The third-order valence-corrected chi connectivity index (χ3v) is 4.32. The van der Waals surface area contributed by atoms with E-state index in [-0.39, 0.29) is 23.8 Å². The first-order valence-electron chi connectivity index (χ1n) is 7.91. The van der Waals surface area contributed by atoms with Crippen molar-refractivity contribution in [3.8, 4) is 0 Å². The predicted octanol–water partition coefficient (Wildman–Crippen LogP) is 2.75. The van der Waals surface area contributed by atoms with Gasteiger partial charge in [-0.15, -0.1) is 0 Å². The van der Waals surface area contributed by atoms with Crippen LogP contribution in [-0.4, -0.2) is 28.9 Å². The van der Waals surface area contributed by atoms with Crippen LogP contribution in [-0.2, 0) is 9.59 Å². The quantitative estimate of drug-likeness (QED) is 0.837. The molecule has 1 aliphatic rings. The van der Waals surface area contributed by atoms with Gasteiger partial charge < -0.3 is 10.4 Å². The maximum Gasteiger partial charge on any atom is 0.335 e. The number of aryl methyl sites for hydroxylation is 2. The van der Waals surface area contributed by atoms with Crippen LogP contribution < -0.4 is 10.2 Å². The first-order valence-corrected chi connectivity index (χ1v) is 7.91. The lowest BCUT2D eigenvalue weighted by Crippen LogP contribution is -2.35. The van der Waals surface area contributed by atoms with E-state index in [2.05, 4.69) is 5.32 Å². The maximum absolute atomic E-state index is 12.7. The number of carboxylic acid groups (broad SMARTS) is 1. The molecule has 2 amide bonds. The Morgan fingerprint density at radius 3 is 2.24 bits per heavy atom. The molecule has 0 spiro atoms. The Hall–Kier alpha value is -3.15. The van der Waals surface area contributed by atoms with Crippen molar-refractivity contribution in [1.29, 1.82) is 0 Å². The van der Waals surface area contributed by atoms with Gasteiger partial charge in [0.15, 0.2) is 0 Å². The molecule has 128 valence electrons. The average Bonchev–Trinajstić information content (AvgIpc) is 2.85. The van der Waals surface area contributed by atoms with Crippen LogP contribution >= 0.6 is 0 Å². The monoisotopic (exact) mass is 338 g/mol. The number of hydrogen-bond donors (Lipinski definition) is 2. The lowest BCUT2D eigenvalue weighted by Gasteiger charge is -2.18. The molecule has 2 N–H and O–H groups in total. The highest BCUT2D eigenvalue weighted by molar-refractivity contribution is 6.23. The fourth-order valence-corrected chi connectivity index (χ4v) is 2.99. The topological polar surface area (TPSA) is 86.7 Å². The van der Waals surface area contributed by atoms with E-state index in [9.17, 15) is 14.4 Å². The minimum Gasteiger partial charge on any atom is -0.478 e. The van der Waals surface area contributed by atoms with Gasteiger partial charge >= 0.3 is 5.97 Å². The highest BCUT2D eigenvalue weighted by atomic mass is 16.4. The fourth-order valence-electron chi connectivity index (χ4n) is 2.99. The van der Waals surface area contributed by atoms with E-state index in [1.807, 2.05) is 32.0 Å². The summed E-state index contributed by atoms with van der Waals surface area (Å²) < 4.78 is 0. The predicted molar refractivity (Wildman–Crippen MR) is 93.8 cm³/mol. The zero-order valence-corrected chi connectivity index (χ0v) is 13.9. The highest BCUT2D eigenvalue weighted by Crippen LogP contribution is 2.27. The van der Waals surface area contributed by atoms with Gasteiger partial charge in [0.2, 0.25) is 5.91 Å². The van der Waals surface area contributed by atoms with Crippen LogP contribution in [0.3, 0.4) is 0 Å². The summed E-state index contributed by atoms with van der Waals surface area (Å²) in [7, 11) is 0. The van der Waals surface area contributed by atoms with E-state index in [0.717, 1.165) is 21.7 Å². The van der Waals surface area contributed by atoms with Crippen molar-refractivity contribution in [1.82, 2.24) is 0 Å². The van der Waals surface area contributed by atoms with E-state index >= 15 is 0 Å². The Kier molecular flexibility index (Phi) is 4.27. The molecule has 0 aromatic heterocycles. The van der Waals surface area contributed by atoms with Crippen LogP contribution in [0.25, 0.3) is 0 Å². The van der Waals surface area contributed by atoms with Crippen molar-refractivity contribution in [3.05, 3.63) is 59.2 Å². The Balaban J connectivity index is 1.84. The Labute approximate surface area is 145 Å². The summed E-state index contributed by atoms with van der Waals surface area (Å²) in [5.74, 6) is -1.70. The number of hydrogen-bond acceptors (Lipinski definition) is 4. The summed E-state index contributed by atoms with van der Waals surface area (Å²) in [5, 5.41) is 12.1. The molecule has 0 aliphatic carbocycles. The van der Waals surface area contributed by atoms with Crippen molar-refractivity contribution in [2.45, 2.75) is 26.3 Å². The average molecular weight is 338 g/mol. The number of para-hydroxylation sites is 1. The molecule has 6 heteroatoms. The Bertz CT molecular complexity index is 838. The number of carbonyl (C=O) groups excluding carboxylic acids is 2. The number of nitrogens with zero attached hydrogens (tertiary/aromatic N) is 1. The molecule has 25 heavy (non-hydrogen) atoms. The molecule has 1 saturated heterocycles. The smallest absolute Gasteiger partial charge is 0.335 e. The van der Waals surface area contributed by atoms with Crippen LogP contribution in [0.15, 0.2) is 42.5 Å². The zero-order chi connectivity index (χ0) is 18.1. The van der Waals surface area contributed by atoms with Gasteiger partial charge in [-0.1, -0.05) is 18.2 Å². The van der Waals surface area contributed by atoms with Gasteiger partial charge in [0.25, 0.3) is 5.91 Å².